The van der Waals surface area contributed by atoms with Gasteiger partial charge in [0.1, 0.15) is 11.3 Å². The molecule has 2 aromatic carbocycles. The third-order valence-electron chi connectivity index (χ3n) is 5.16. The average molecular weight is 487 g/mol. The van der Waals surface area contributed by atoms with Crippen molar-refractivity contribution in [2.24, 2.45) is 0 Å². The lowest BCUT2D eigenvalue weighted by Gasteiger charge is -2.37. The molecule has 178 valence electrons. The van der Waals surface area contributed by atoms with Crippen LogP contribution in [0.15, 0.2) is 42.5 Å². The van der Waals surface area contributed by atoms with Gasteiger partial charge >= 0.3 is 5.97 Å². The van der Waals surface area contributed by atoms with E-state index in [4.69, 9.17) is 17.0 Å². The second kappa shape index (κ2) is 10.7. The number of hydrogen-bond donors (Lipinski definition) is 1. The van der Waals surface area contributed by atoms with E-state index in [0.29, 0.717) is 31.9 Å². The van der Waals surface area contributed by atoms with Crippen LogP contribution in [0.3, 0.4) is 0 Å². The van der Waals surface area contributed by atoms with E-state index in [1.807, 2.05) is 0 Å². The van der Waals surface area contributed by atoms with E-state index >= 15 is 0 Å². The minimum atomic E-state index is -0.690. The minimum Gasteiger partial charge on any atom is -0.462 e. The highest BCUT2D eigenvalue weighted by Gasteiger charge is 2.27. The summed E-state index contributed by atoms with van der Waals surface area (Å²) in [5.74, 6) is -1.33. The highest BCUT2D eigenvalue weighted by Crippen LogP contribution is 2.30. The number of ether oxygens (including phenoxy) is 1. The van der Waals surface area contributed by atoms with Crippen molar-refractivity contribution in [3.05, 3.63) is 73.8 Å². The molecule has 0 saturated carbocycles. The lowest BCUT2D eigenvalue weighted by Crippen LogP contribution is -2.52. The maximum atomic E-state index is 12.5. The number of para-hydroxylation sites is 1. The van der Waals surface area contributed by atoms with Gasteiger partial charge in [0.2, 0.25) is 0 Å². The summed E-state index contributed by atoms with van der Waals surface area (Å²) in [7, 11) is 0. The lowest BCUT2D eigenvalue weighted by atomic mass is 10.1. The molecule has 12 nitrogen and oxygen atoms in total. The summed E-state index contributed by atoms with van der Waals surface area (Å²) in [6, 6.07) is 9.73. The number of esters is 1. The van der Waals surface area contributed by atoms with Crippen molar-refractivity contribution in [2.75, 3.05) is 37.7 Å². The summed E-state index contributed by atoms with van der Waals surface area (Å²) < 4.78 is 4.90. The van der Waals surface area contributed by atoms with E-state index in [1.165, 1.54) is 42.5 Å². The Labute approximate surface area is 199 Å². The Morgan fingerprint density at radius 2 is 1.68 bits per heavy atom. The summed E-state index contributed by atoms with van der Waals surface area (Å²) in [5.41, 5.74) is -0.203. The third-order valence-corrected chi connectivity index (χ3v) is 5.52. The molecule has 1 fully saturated rings. The van der Waals surface area contributed by atoms with E-state index in [2.05, 4.69) is 5.32 Å². The molecule has 13 heteroatoms. The Hall–Kier alpha value is -4.13. The van der Waals surface area contributed by atoms with Crippen molar-refractivity contribution in [3.63, 3.8) is 0 Å². The van der Waals surface area contributed by atoms with E-state index in [1.54, 1.807) is 16.7 Å². The molecule has 0 bridgehead atoms. The molecule has 0 radical (unpaired) electrons. The summed E-state index contributed by atoms with van der Waals surface area (Å²) in [6.45, 7) is 3.24. The Morgan fingerprint density at radius 3 is 2.29 bits per heavy atom. The maximum absolute atomic E-state index is 12.5. The number of amides is 1. The molecule has 0 aromatic heterocycles. The van der Waals surface area contributed by atoms with Crippen LogP contribution in [0, 0.1) is 20.2 Å². The number of nitro benzene ring substituents is 2. The highest BCUT2D eigenvalue weighted by molar-refractivity contribution is 7.80. The normalized spacial score (nSPS) is 13.2. The Kier molecular flexibility index (Phi) is 7.68. The maximum Gasteiger partial charge on any atom is 0.338 e. The smallest absolute Gasteiger partial charge is 0.338 e. The van der Waals surface area contributed by atoms with Crippen LogP contribution >= 0.6 is 12.2 Å². The Morgan fingerprint density at radius 1 is 1.03 bits per heavy atom. The number of nitrogens with zero attached hydrogens (tertiary/aromatic N) is 4. The van der Waals surface area contributed by atoms with Gasteiger partial charge in [-0.3, -0.25) is 30.3 Å². The number of anilines is 1. The number of benzene rings is 2. The highest BCUT2D eigenvalue weighted by atomic mass is 32.1. The molecule has 1 amide bonds. The lowest BCUT2D eigenvalue weighted by molar-refractivity contribution is -0.385. The van der Waals surface area contributed by atoms with Gasteiger partial charge in [0.05, 0.1) is 22.0 Å². The molecule has 0 aliphatic carbocycles. The molecular formula is C21H21N5O7S. The van der Waals surface area contributed by atoms with Gasteiger partial charge in [0.25, 0.3) is 17.3 Å². The molecule has 1 saturated heterocycles. The standard InChI is InChI=1S/C21H21N5O7S/c1-2-33-20(28)14-7-8-17(18(13-14)26(31)32)23-9-11-24(12-10-23)21(34)22-19(27)15-5-3-4-6-16(15)25(29)30/h3-8,13H,2,9-12H2,1H3,(H,22,27,34). The van der Waals surface area contributed by atoms with Crippen LogP contribution in [0.1, 0.15) is 27.6 Å². The van der Waals surface area contributed by atoms with Gasteiger partial charge < -0.3 is 14.5 Å². The van der Waals surface area contributed by atoms with Gasteiger partial charge in [-0.2, -0.15) is 0 Å². The van der Waals surface area contributed by atoms with Crippen LogP contribution in [0.25, 0.3) is 0 Å². The molecule has 1 heterocycles. The number of piperazine rings is 1. The van der Waals surface area contributed by atoms with Crippen molar-refractivity contribution < 1.29 is 24.2 Å². The molecule has 1 aliphatic rings. The van der Waals surface area contributed by atoms with Gasteiger partial charge in [0, 0.05) is 38.3 Å². The third kappa shape index (κ3) is 5.43. The first-order chi connectivity index (χ1) is 16.2. The SMILES string of the molecule is CCOC(=O)c1ccc(N2CCN(C(=S)NC(=O)c3ccccc3[N+](=O)[O-])CC2)c([N+](=O)[O-])c1. The second-order valence-corrected chi connectivity index (χ2v) is 7.58. The molecular weight excluding hydrogens is 466 g/mol. The largest absolute Gasteiger partial charge is 0.462 e. The van der Waals surface area contributed by atoms with Gasteiger partial charge in [-0.05, 0) is 37.3 Å². The van der Waals surface area contributed by atoms with E-state index in [-0.39, 0.29) is 34.2 Å². The molecule has 0 atom stereocenters. The van der Waals surface area contributed by atoms with Crippen LogP contribution in [-0.4, -0.2) is 64.5 Å². The molecule has 0 spiro atoms. The number of rotatable bonds is 6. The Bertz CT molecular complexity index is 1150. The topological polar surface area (TPSA) is 148 Å². The summed E-state index contributed by atoms with van der Waals surface area (Å²) in [4.78, 5) is 49.5. The molecule has 3 rings (SSSR count). The monoisotopic (exact) mass is 487 g/mol. The minimum absolute atomic E-state index is 0.0924. The fourth-order valence-electron chi connectivity index (χ4n) is 3.50. The first-order valence-electron chi connectivity index (χ1n) is 10.3. The zero-order chi connectivity index (χ0) is 24.8. The van der Waals surface area contributed by atoms with Gasteiger partial charge in [0.15, 0.2) is 5.11 Å². The van der Waals surface area contributed by atoms with Crippen LogP contribution in [0.2, 0.25) is 0 Å². The zero-order valence-corrected chi connectivity index (χ0v) is 18.9. The summed E-state index contributed by atoms with van der Waals surface area (Å²) in [6.07, 6.45) is 0. The number of nitrogens with one attached hydrogen (secondary N) is 1. The van der Waals surface area contributed by atoms with Crippen molar-refractivity contribution in [2.45, 2.75) is 6.92 Å². The van der Waals surface area contributed by atoms with E-state index < -0.39 is 21.7 Å². The number of nitro groups is 2. The van der Waals surface area contributed by atoms with Gasteiger partial charge in [-0.1, -0.05) is 12.1 Å². The fourth-order valence-corrected chi connectivity index (χ4v) is 3.77. The summed E-state index contributed by atoms with van der Waals surface area (Å²) in [5, 5.41) is 25.4. The first-order valence-corrected chi connectivity index (χ1v) is 10.7. The van der Waals surface area contributed by atoms with Crippen LogP contribution < -0.4 is 10.2 Å². The number of carbonyl (C=O) groups is 2. The van der Waals surface area contributed by atoms with Crippen LogP contribution in [0.4, 0.5) is 17.1 Å². The fraction of sp³-hybridized carbons (Fsp3) is 0.286. The molecule has 2 aromatic rings. The van der Waals surface area contributed by atoms with Crippen molar-refractivity contribution >= 4 is 46.3 Å². The van der Waals surface area contributed by atoms with Crippen LogP contribution in [0.5, 0.6) is 0 Å². The predicted octanol–water partition coefficient (Wildman–Crippen LogP) is 2.52. The molecule has 0 unspecified atom stereocenters. The average Bonchev–Trinajstić information content (AvgIpc) is 2.83. The van der Waals surface area contributed by atoms with Gasteiger partial charge in [-0.15, -0.1) is 0 Å². The Balaban J connectivity index is 1.67. The molecule has 34 heavy (non-hydrogen) atoms. The number of thiocarbonyl (C=S) groups is 1. The number of carbonyl (C=O) groups excluding carboxylic acids is 2. The zero-order valence-electron chi connectivity index (χ0n) is 18.1. The summed E-state index contributed by atoms with van der Waals surface area (Å²) >= 11 is 5.30. The predicted molar refractivity (Wildman–Crippen MR) is 126 cm³/mol. The van der Waals surface area contributed by atoms with Crippen molar-refractivity contribution in [1.82, 2.24) is 10.2 Å². The number of hydrogen-bond acceptors (Lipinski definition) is 9. The van der Waals surface area contributed by atoms with Gasteiger partial charge in [-0.25, -0.2) is 4.79 Å². The van der Waals surface area contributed by atoms with Crippen molar-refractivity contribution in [1.29, 1.82) is 0 Å². The van der Waals surface area contributed by atoms with Crippen LogP contribution in [-0.2, 0) is 4.74 Å². The van der Waals surface area contributed by atoms with E-state index in [9.17, 15) is 29.8 Å². The second-order valence-electron chi connectivity index (χ2n) is 7.19. The molecule has 1 N–H and O–H groups in total. The molecule has 1 aliphatic heterocycles. The quantitative estimate of drug-likeness (QED) is 0.279. The van der Waals surface area contributed by atoms with E-state index in [0.717, 1.165) is 0 Å². The first kappa shape index (κ1) is 24.5. The van der Waals surface area contributed by atoms with Crippen molar-refractivity contribution in [3.8, 4) is 0 Å².